The van der Waals surface area contributed by atoms with E-state index in [0.29, 0.717) is 25.7 Å². The summed E-state index contributed by atoms with van der Waals surface area (Å²) in [5.74, 6) is -0.382. The molecule has 2 N–H and O–H groups in total. The minimum Gasteiger partial charge on any atom is -0.434 e. The van der Waals surface area contributed by atoms with Gasteiger partial charge in [0.2, 0.25) is 11.6 Å². The number of hydrogen-bond acceptors (Lipinski definition) is 6. The van der Waals surface area contributed by atoms with Crippen molar-refractivity contribution in [1.29, 1.82) is 0 Å². The van der Waals surface area contributed by atoms with Crippen LogP contribution in [0.4, 0.5) is 0 Å². The lowest BCUT2D eigenvalue weighted by molar-refractivity contribution is -0.153. The molecule has 5 rings (SSSR count). The molecular formula is C26H33ClN4O3. The zero-order chi connectivity index (χ0) is 22.8. The van der Waals surface area contributed by atoms with Crippen LogP contribution in [0.2, 0.25) is 0 Å². The van der Waals surface area contributed by atoms with E-state index in [4.69, 9.17) is 4.74 Å². The molecule has 2 heterocycles. The minimum absolute atomic E-state index is 0. The predicted molar refractivity (Wildman–Crippen MR) is 133 cm³/mol. The van der Waals surface area contributed by atoms with Crippen LogP contribution in [-0.4, -0.2) is 72.5 Å². The standard InChI is InChI=1S/C26H32N4O3.ClH/c1-2-29(21-13-14-21)16-15-28-24(31)22-17-27-18-23-25(32)33-26(30(22)23,19-9-5-3-6-10-19)20-11-7-4-8-12-20;/h3-12,21-23,27H,2,13-18H2,1H3,(H,28,31);1H. The van der Waals surface area contributed by atoms with Gasteiger partial charge in [-0.2, -0.15) is 0 Å². The van der Waals surface area contributed by atoms with Crippen molar-refractivity contribution in [3.8, 4) is 0 Å². The maximum Gasteiger partial charge on any atom is 0.327 e. The average molecular weight is 485 g/mol. The Morgan fingerprint density at radius 2 is 1.71 bits per heavy atom. The molecule has 7 nitrogen and oxygen atoms in total. The van der Waals surface area contributed by atoms with Crippen molar-refractivity contribution in [1.82, 2.24) is 20.4 Å². The van der Waals surface area contributed by atoms with Gasteiger partial charge in [-0.15, -0.1) is 12.4 Å². The first-order valence-electron chi connectivity index (χ1n) is 12.0. The van der Waals surface area contributed by atoms with E-state index in [0.717, 1.165) is 24.2 Å². The molecule has 1 saturated carbocycles. The lowest BCUT2D eigenvalue weighted by Crippen LogP contribution is -2.66. The van der Waals surface area contributed by atoms with E-state index in [9.17, 15) is 9.59 Å². The van der Waals surface area contributed by atoms with Crippen molar-refractivity contribution in [3.63, 3.8) is 0 Å². The first kappa shape index (κ1) is 24.7. The highest BCUT2D eigenvalue weighted by Gasteiger charge is 2.60. The zero-order valence-electron chi connectivity index (χ0n) is 19.5. The lowest BCUT2D eigenvalue weighted by Gasteiger charge is -2.44. The van der Waals surface area contributed by atoms with Crippen molar-refractivity contribution in [2.45, 2.75) is 43.6 Å². The fraction of sp³-hybridized carbons (Fsp3) is 0.462. The van der Waals surface area contributed by atoms with Crippen LogP contribution in [0, 0.1) is 0 Å². The summed E-state index contributed by atoms with van der Waals surface area (Å²) in [6.45, 7) is 5.51. The molecular weight excluding hydrogens is 452 g/mol. The lowest BCUT2D eigenvalue weighted by atomic mass is 9.90. The Morgan fingerprint density at radius 1 is 1.09 bits per heavy atom. The molecule has 0 radical (unpaired) electrons. The number of piperazine rings is 1. The first-order valence-corrected chi connectivity index (χ1v) is 12.0. The highest BCUT2D eigenvalue weighted by Crippen LogP contribution is 2.45. The third-order valence-corrected chi connectivity index (χ3v) is 7.03. The van der Waals surface area contributed by atoms with E-state index in [1.54, 1.807) is 0 Å². The van der Waals surface area contributed by atoms with Crippen LogP contribution in [-0.2, 0) is 20.1 Å². The Morgan fingerprint density at radius 3 is 2.26 bits per heavy atom. The number of hydrogen-bond donors (Lipinski definition) is 2. The molecule has 2 saturated heterocycles. The van der Waals surface area contributed by atoms with Crippen LogP contribution in [0.1, 0.15) is 30.9 Å². The van der Waals surface area contributed by atoms with Crippen LogP contribution in [0.3, 0.4) is 0 Å². The molecule has 8 heteroatoms. The molecule has 0 aromatic heterocycles. The molecule has 34 heavy (non-hydrogen) atoms. The normalized spacial score (nSPS) is 23.6. The number of esters is 1. The van der Waals surface area contributed by atoms with Gasteiger partial charge in [0.15, 0.2) is 0 Å². The van der Waals surface area contributed by atoms with Crippen molar-refractivity contribution >= 4 is 24.3 Å². The van der Waals surface area contributed by atoms with Gasteiger partial charge in [-0.05, 0) is 19.4 Å². The minimum atomic E-state index is -1.14. The number of fused-ring (bicyclic) bond motifs is 1. The van der Waals surface area contributed by atoms with E-state index in [1.807, 2.05) is 65.6 Å². The SMILES string of the molecule is CCN(CCNC(=O)C1CNCC2C(=O)OC(c3ccccc3)(c3ccccc3)N12)C1CC1.Cl. The number of halogens is 1. The van der Waals surface area contributed by atoms with Gasteiger partial charge < -0.3 is 15.4 Å². The van der Waals surface area contributed by atoms with E-state index < -0.39 is 17.8 Å². The predicted octanol–water partition coefficient (Wildman–Crippen LogP) is 2.11. The van der Waals surface area contributed by atoms with Gasteiger partial charge in [-0.25, -0.2) is 4.90 Å². The fourth-order valence-corrected chi connectivity index (χ4v) is 5.28. The monoisotopic (exact) mass is 484 g/mol. The highest BCUT2D eigenvalue weighted by molar-refractivity contribution is 5.86. The molecule has 2 atom stereocenters. The van der Waals surface area contributed by atoms with Gasteiger partial charge in [0.05, 0.1) is 0 Å². The topological polar surface area (TPSA) is 73.9 Å². The summed E-state index contributed by atoms with van der Waals surface area (Å²) in [5.41, 5.74) is 0.549. The summed E-state index contributed by atoms with van der Waals surface area (Å²) in [6.07, 6.45) is 2.50. The molecule has 2 aliphatic heterocycles. The molecule has 0 bridgehead atoms. The molecule has 3 fully saturated rings. The number of rotatable bonds is 8. The average Bonchev–Trinajstić information content (AvgIpc) is 3.66. The first-order chi connectivity index (χ1) is 16.1. The smallest absolute Gasteiger partial charge is 0.327 e. The summed E-state index contributed by atoms with van der Waals surface area (Å²) in [6, 6.07) is 19.1. The summed E-state index contributed by atoms with van der Waals surface area (Å²) < 4.78 is 6.21. The molecule has 2 aromatic carbocycles. The van der Waals surface area contributed by atoms with Crippen LogP contribution < -0.4 is 10.6 Å². The molecule has 1 aliphatic carbocycles. The molecule has 3 aliphatic rings. The van der Waals surface area contributed by atoms with E-state index >= 15 is 0 Å². The van der Waals surface area contributed by atoms with E-state index in [2.05, 4.69) is 22.5 Å². The second kappa shape index (κ2) is 10.4. The Balaban J connectivity index is 0.00000274. The van der Waals surface area contributed by atoms with Crippen LogP contribution >= 0.6 is 12.4 Å². The van der Waals surface area contributed by atoms with Gasteiger partial charge in [-0.1, -0.05) is 67.6 Å². The molecule has 1 amide bonds. The molecule has 2 unspecified atom stereocenters. The van der Waals surface area contributed by atoms with Crippen LogP contribution in [0.5, 0.6) is 0 Å². The van der Waals surface area contributed by atoms with E-state index in [1.165, 1.54) is 12.8 Å². The van der Waals surface area contributed by atoms with Crippen LogP contribution in [0.25, 0.3) is 0 Å². The van der Waals surface area contributed by atoms with Crippen molar-refractivity contribution in [2.75, 3.05) is 32.7 Å². The van der Waals surface area contributed by atoms with Gasteiger partial charge in [-0.3, -0.25) is 14.5 Å². The largest absolute Gasteiger partial charge is 0.434 e. The number of ether oxygens (including phenoxy) is 1. The highest BCUT2D eigenvalue weighted by atomic mass is 35.5. The van der Waals surface area contributed by atoms with Crippen molar-refractivity contribution in [2.24, 2.45) is 0 Å². The molecule has 182 valence electrons. The molecule has 0 spiro atoms. The number of likely N-dealkylation sites (N-methyl/N-ethyl adjacent to an activating group) is 1. The Hall–Kier alpha value is -2.45. The van der Waals surface area contributed by atoms with Gasteiger partial charge in [0.25, 0.3) is 0 Å². The summed E-state index contributed by atoms with van der Waals surface area (Å²) in [7, 11) is 0. The number of nitrogens with zero attached hydrogens (tertiary/aromatic N) is 2. The number of carbonyl (C=O) groups is 2. The molecule has 2 aromatic rings. The summed E-state index contributed by atoms with van der Waals surface area (Å²) in [5, 5.41) is 6.42. The number of amides is 1. The Labute approximate surface area is 207 Å². The maximum atomic E-state index is 13.5. The number of nitrogens with one attached hydrogen (secondary N) is 2. The third kappa shape index (κ3) is 4.45. The second-order valence-electron chi connectivity index (χ2n) is 9.05. The summed E-state index contributed by atoms with van der Waals surface area (Å²) in [4.78, 5) is 31.0. The van der Waals surface area contributed by atoms with Crippen LogP contribution in [0.15, 0.2) is 60.7 Å². The third-order valence-electron chi connectivity index (χ3n) is 7.03. The summed E-state index contributed by atoms with van der Waals surface area (Å²) >= 11 is 0. The zero-order valence-corrected chi connectivity index (χ0v) is 20.3. The fourth-order valence-electron chi connectivity index (χ4n) is 5.28. The number of cyclic esters (lactones) is 1. The Kier molecular flexibility index (Phi) is 7.57. The number of benzene rings is 2. The van der Waals surface area contributed by atoms with E-state index in [-0.39, 0.29) is 24.3 Å². The van der Waals surface area contributed by atoms with Crippen molar-refractivity contribution < 1.29 is 14.3 Å². The quantitative estimate of drug-likeness (QED) is 0.559. The van der Waals surface area contributed by atoms with Crippen molar-refractivity contribution in [3.05, 3.63) is 71.8 Å². The number of carbonyl (C=O) groups excluding carboxylic acids is 2. The van der Waals surface area contributed by atoms with Gasteiger partial charge in [0, 0.05) is 43.3 Å². The maximum absolute atomic E-state index is 13.5. The Bertz CT molecular complexity index is 947. The van der Waals surface area contributed by atoms with Gasteiger partial charge in [0.1, 0.15) is 12.1 Å². The van der Waals surface area contributed by atoms with Gasteiger partial charge >= 0.3 is 5.97 Å². The second-order valence-corrected chi connectivity index (χ2v) is 9.05.